The van der Waals surface area contributed by atoms with Crippen LogP contribution in [0.5, 0.6) is 5.75 Å². The summed E-state index contributed by atoms with van der Waals surface area (Å²) in [6.07, 6.45) is -0.262. The van der Waals surface area contributed by atoms with Crippen LogP contribution in [-0.4, -0.2) is 51.1 Å². The smallest absolute Gasteiger partial charge is 0.266 e. The van der Waals surface area contributed by atoms with E-state index in [0.717, 1.165) is 0 Å². The number of hydrogen-bond acceptors (Lipinski definition) is 6. The predicted molar refractivity (Wildman–Crippen MR) is 111 cm³/mol. The summed E-state index contributed by atoms with van der Waals surface area (Å²) in [5.74, 6) is -2.25. The van der Waals surface area contributed by atoms with Crippen LogP contribution in [-0.2, 0) is 12.0 Å². The van der Waals surface area contributed by atoms with E-state index in [1.54, 1.807) is 0 Å². The maximum Gasteiger partial charge on any atom is 0.266 e. The maximum atomic E-state index is 14.4. The quantitative estimate of drug-likeness (QED) is 0.588. The largest absolute Gasteiger partial charge is 0.495 e. The first kappa shape index (κ1) is 21.6. The monoisotopic (exact) mass is 454 g/mol. The van der Waals surface area contributed by atoms with E-state index in [1.807, 2.05) is 20.8 Å². The molecular formula is C20H22ClF3N6O. The van der Waals surface area contributed by atoms with E-state index in [1.165, 1.54) is 28.9 Å². The van der Waals surface area contributed by atoms with Gasteiger partial charge in [0.1, 0.15) is 17.4 Å². The van der Waals surface area contributed by atoms with Crippen LogP contribution >= 0.6 is 11.6 Å². The lowest BCUT2D eigenvalue weighted by molar-refractivity contribution is 0.0257. The molecule has 1 aliphatic heterocycles. The Morgan fingerprint density at radius 1 is 1.19 bits per heavy atom. The minimum absolute atomic E-state index is 0.0846. The van der Waals surface area contributed by atoms with Crippen LogP contribution in [0.25, 0.3) is 11.2 Å². The number of fused-ring (bicyclic) bond motifs is 1. The lowest BCUT2D eigenvalue weighted by atomic mass is 9.96. The van der Waals surface area contributed by atoms with Crippen molar-refractivity contribution in [3.8, 4) is 5.75 Å². The van der Waals surface area contributed by atoms with Crippen LogP contribution in [0.4, 0.5) is 19.0 Å². The van der Waals surface area contributed by atoms with Crippen LogP contribution in [0.1, 0.15) is 38.6 Å². The Balaban J connectivity index is 1.81. The summed E-state index contributed by atoms with van der Waals surface area (Å²) < 4.78 is 47.3. The average molecular weight is 455 g/mol. The molecule has 4 rings (SSSR count). The van der Waals surface area contributed by atoms with Gasteiger partial charge in [-0.3, -0.25) is 0 Å². The molecule has 1 saturated heterocycles. The second-order valence-electron chi connectivity index (χ2n) is 8.59. The molecule has 1 fully saturated rings. The molecule has 3 aromatic rings. The maximum absolute atomic E-state index is 14.4. The zero-order valence-electron chi connectivity index (χ0n) is 17.6. The summed E-state index contributed by atoms with van der Waals surface area (Å²) in [5, 5.41) is 8.87. The molecule has 0 unspecified atom stereocenters. The third-order valence-electron chi connectivity index (χ3n) is 5.08. The Morgan fingerprint density at radius 2 is 1.94 bits per heavy atom. The van der Waals surface area contributed by atoms with Crippen molar-refractivity contribution < 1.29 is 17.9 Å². The van der Waals surface area contributed by atoms with Gasteiger partial charge in [0.2, 0.25) is 5.65 Å². The van der Waals surface area contributed by atoms with Crippen LogP contribution in [0.15, 0.2) is 12.1 Å². The SMILES string of the molecule is COc1ccc(F)c(Cn2nc3nc(C(C)(C)C)nc(N4CCC(F)(F)C4)c3n2)c1Cl. The Morgan fingerprint density at radius 3 is 2.55 bits per heavy atom. The molecule has 2 aromatic heterocycles. The molecule has 1 aliphatic rings. The Kier molecular flexibility index (Phi) is 5.23. The summed E-state index contributed by atoms with van der Waals surface area (Å²) >= 11 is 6.26. The summed E-state index contributed by atoms with van der Waals surface area (Å²) in [5.41, 5.74) is 0.256. The van der Waals surface area contributed by atoms with Crippen molar-refractivity contribution in [1.82, 2.24) is 25.0 Å². The third-order valence-corrected chi connectivity index (χ3v) is 5.50. The van der Waals surface area contributed by atoms with Crippen LogP contribution in [0.2, 0.25) is 5.02 Å². The minimum atomic E-state index is -2.80. The van der Waals surface area contributed by atoms with Gasteiger partial charge in [0.05, 0.1) is 25.2 Å². The van der Waals surface area contributed by atoms with Gasteiger partial charge in [-0.25, -0.2) is 23.1 Å². The first-order valence-corrected chi connectivity index (χ1v) is 10.1. The second kappa shape index (κ2) is 7.51. The van der Waals surface area contributed by atoms with E-state index in [0.29, 0.717) is 17.4 Å². The van der Waals surface area contributed by atoms with E-state index >= 15 is 0 Å². The molecule has 1 aromatic carbocycles. The molecule has 0 saturated carbocycles. The molecule has 0 radical (unpaired) electrons. The van der Waals surface area contributed by atoms with Crippen molar-refractivity contribution in [2.24, 2.45) is 0 Å². The van der Waals surface area contributed by atoms with Crippen LogP contribution < -0.4 is 9.64 Å². The highest BCUT2D eigenvalue weighted by atomic mass is 35.5. The van der Waals surface area contributed by atoms with Gasteiger partial charge in [-0.05, 0) is 12.1 Å². The molecule has 7 nitrogen and oxygen atoms in total. The van der Waals surface area contributed by atoms with Crippen molar-refractivity contribution in [1.29, 1.82) is 0 Å². The fraction of sp³-hybridized carbons (Fsp3) is 0.500. The van der Waals surface area contributed by atoms with Crippen LogP contribution in [0.3, 0.4) is 0 Å². The Bertz CT molecular complexity index is 1140. The molecule has 11 heteroatoms. The number of aromatic nitrogens is 5. The topological polar surface area (TPSA) is 69.0 Å². The molecule has 3 heterocycles. The second-order valence-corrected chi connectivity index (χ2v) is 8.97. The first-order valence-electron chi connectivity index (χ1n) is 9.75. The van der Waals surface area contributed by atoms with Gasteiger partial charge in [-0.1, -0.05) is 32.4 Å². The highest BCUT2D eigenvalue weighted by Gasteiger charge is 2.40. The van der Waals surface area contributed by atoms with E-state index in [2.05, 4.69) is 20.2 Å². The molecule has 0 amide bonds. The predicted octanol–water partition coefficient (Wildman–Crippen LogP) is 4.21. The molecule has 0 bridgehead atoms. The van der Waals surface area contributed by atoms with Crippen molar-refractivity contribution >= 4 is 28.6 Å². The molecule has 31 heavy (non-hydrogen) atoms. The molecular weight excluding hydrogens is 433 g/mol. The van der Waals surface area contributed by atoms with E-state index in [4.69, 9.17) is 16.3 Å². The lowest BCUT2D eigenvalue weighted by Gasteiger charge is -2.21. The number of rotatable bonds is 4. The number of alkyl halides is 2. The summed E-state index contributed by atoms with van der Waals surface area (Å²) in [7, 11) is 1.44. The van der Waals surface area contributed by atoms with Crippen LogP contribution in [0, 0.1) is 5.82 Å². The number of halogens is 4. The fourth-order valence-corrected chi connectivity index (χ4v) is 3.69. The number of methoxy groups -OCH3 is 1. The van der Waals surface area contributed by atoms with Crippen molar-refractivity contribution in [2.45, 2.75) is 45.1 Å². The molecule has 0 aliphatic carbocycles. The van der Waals surface area contributed by atoms with Gasteiger partial charge in [0.25, 0.3) is 5.92 Å². The zero-order valence-corrected chi connectivity index (χ0v) is 18.3. The van der Waals surface area contributed by atoms with Gasteiger partial charge in [0, 0.05) is 23.9 Å². The molecule has 0 spiro atoms. The Hall–Kier alpha value is -2.62. The van der Waals surface area contributed by atoms with Crippen molar-refractivity contribution in [3.05, 3.63) is 34.4 Å². The number of benzene rings is 1. The van der Waals surface area contributed by atoms with Gasteiger partial charge >= 0.3 is 0 Å². The van der Waals surface area contributed by atoms with Gasteiger partial charge in [-0.2, -0.15) is 4.80 Å². The van der Waals surface area contributed by atoms with Crippen molar-refractivity contribution in [3.63, 3.8) is 0 Å². The van der Waals surface area contributed by atoms with E-state index in [-0.39, 0.29) is 41.3 Å². The number of nitrogens with zero attached hydrogens (tertiary/aromatic N) is 6. The highest BCUT2D eigenvalue weighted by molar-refractivity contribution is 6.32. The summed E-state index contributed by atoms with van der Waals surface area (Å²) in [6, 6.07) is 2.68. The fourth-order valence-electron chi connectivity index (χ4n) is 3.40. The van der Waals surface area contributed by atoms with Gasteiger partial charge in [0.15, 0.2) is 11.3 Å². The minimum Gasteiger partial charge on any atom is -0.495 e. The standard InChI is InChI=1S/C20H22ClF3N6O/c1-19(2,3)18-25-16-15(17(26-18)29-8-7-20(23,24)10-29)27-30(28-16)9-11-12(22)5-6-13(31-4)14(11)21/h5-6H,7-10H2,1-4H3. The average Bonchev–Trinajstić information content (AvgIpc) is 3.26. The normalized spacial score (nSPS) is 16.3. The first-order chi connectivity index (χ1) is 14.5. The Labute approximate surface area is 182 Å². The number of anilines is 1. The molecule has 0 N–H and O–H groups in total. The number of ether oxygens (including phenoxy) is 1. The highest BCUT2D eigenvalue weighted by Crippen LogP contribution is 2.34. The number of hydrogen-bond donors (Lipinski definition) is 0. The third kappa shape index (κ3) is 4.13. The molecule has 166 valence electrons. The van der Waals surface area contributed by atoms with Gasteiger partial charge in [-0.15, -0.1) is 10.2 Å². The molecule has 0 atom stereocenters. The summed E-state index contributed by atoms with van der Waals surface area (Å²) in [4.78, 5) is 11.8. The van der Waals surface area contributed by atoms with E-state index < -0.39 is 23.7 Å². The van der Waals surface area contributed by atoms with Crippen molar-refractivity contribution in [2.75, 3.05) is 25.1 Å². The zero-order chi connectivity index (χ0) is 22.6. The van der Waals surface area contributed by atoms with Gasteiger partial charge < -0.3 is 9.64 Å². The lowest BCUT2D eigenvalue weighted by Crippen LogP contribution is -2.27. The summed E-state index contributed by atoms with van der Waals surface area (Å²) in [6.45, 7) is 5.38. The van der Waals surface area contributed by atoms with E-state index in [9.17, 15) is 13.2 Å².